The Bertz CT molecular complexity index is 448. The molecule has 3 rings (SSSR count). The molecule has 0 aliphatic carbocycles. The van der Waals surface area contributed by atoms with E-state index in [1.165, 1.54) is 6.42 Å². The zero-order chi connectivity index (χ0) is 13.2. The highest BCUT2D eigenvalue weighted by atomic mass is 16.2. The van der Waals surface area contributed by atoms with E-state index in [-0.39, 0.29) is 6.04 Å². The first-order chi connectivity index (χ1) is 9.28. The number of pyridine rings is 1. The van der Waals surface area contributed by atoms with E-state index < -0.39 is 0 Å². The molecule has 102 valence electrons. The molecule has 1 aromatic heterocycles. The number of nitrogens with zero attached hydrogens (tertiary/aromatic N) is 3. The van der Waals surface area contributed by atoms with Crippen molar-refractivity contribution >= 4 is 5.91 Å². The number of aromatic nitrogens is 1. The summed E-state index contributed by atoms with van der Waals surface area (Å²) >= 11 is 0. The highest BCUT2D eigenvalue weighted by Gasteiger charge is 2.40. The van der Waals surface area contributed by atoms with Gasteiger partial charge in [-0.1, -0.05) is 6.07 Å². The number of piperidine rings is 2. The van der Waals surface area contributed by atoms with E-state index in [1.54, 1.807) is 0 Å². The first-order valence-electron chi connectivity index (χ1n) is 7.20. The maximum absolute atomic E-state index is 12.4. The molecule has 2 aliphatic heterocycles. The van der Waals surface area contributed by atoms with Gasteiger partial charge in [0.2, 0.25) is 5.91 Å². The second kappa shape index (κ2) is 5.29. The molecule has 0 aromatic carbocycles. The van der Waals surface area contributed by atoms with E-state index in [0.29, 0.717) is 11.8 Å². The highest BCUT2D eigenvalue weighted by Crippen LogP contribution is 2.30. The minimum Gasteiger partial charge on any atom is -0.341 e. The fourth-order valence-corrected chi connectivity index (χ4v) is 3.30. The Morgan fingerprint density at radius 3 is 3.05 bits per heavy atom. The second-order valence-corrected chi connectivity index (χ2v) is 5.57. The van der Waals surface area contributed by atoms with Crippen LogP contribution in [0, 0.1) is 5.92 Å². The van der Waals surface area contributed by atoms with Crippen LogP contribution in [0.15, 0.2) is 24.4 Å². The van der Waals surface area contributed by atoms with Gasteiger partial charge in [0.05, 0.1) is 11.7 Å². The van der Waals surface area contributed by atoms with Crippen LogP contribution >= 0.6 is 0 Å². The third-order valence-corrected chi connectivity index (χ3v) is 4.37. The highest BCUT2D eigenvalue weighted by molar-refractivity contribution is 5.83. The lowest BCUT2D eigenvalue weighted by Crippen LogP contribution is -2.58. The summed E-state index contributed by atoms with van der Waals surface area (Å²) in [4.78, 5) is 21.1. The molecule has 0 saturated carbocycles. The molecular formula is C15H21N3O. The molecule has 19 heavy (non-hydrogen) atoms. The third-order valence-electron chi connectivity index (χ3n) is 4.37. The molecule has 2 fully saturated rings. The third kappa shape index (κ3) is 2.50. The van der Waals surface area contributed by atoms with E-state index in [2.05, 4.69) is 16.8 Å². The van der Waals surface area contributed by atoms with E-state index in [4.69, 9.17) is 0 Å². The maximum atomic E-state index is 12.4. The van der Waals surface area contributed by atoms with Crippen molar-refractivity contribution in [1.29, 1.82) is 0 Å². The zero-order valence-electron chi connectivity index (χ0n) is 11.5. The largest absolute Gasteiger partial charge is 0.341 e. The van der Waals surface area contributed by atoms with E-state index in [0.717, 1.165) is 38.3 Å². The average molecular weight is 259 g/mol. The fourth-order valence-electron chi connectivity index (χ4n) is 3.30. The second-order valence-electron chi connectivity index (χ2n) is 5.57. The van der Waals surface area contributed by atoms with Crippen LogP contribution in [0.4, 0.5) is 0 Å². The first-order valence-corrected chi connectivity index (χ1v) is 7.20. The Morgan fingerprint density at radius 1 is 1.42 bits per heavy atom. The van der Waals surface area contributed by atoms with Crippen LogP contribution in [0.25, 0.3) is 0 Å². The van der Waals surface area contributed by atoms with Crippen LogP contribution < -0.4 is 0 Å². The van der Waals surface area contributed by atoms with Crippen LogP contribution in [0.2, 0.25) is 0 Å². The lowest BCUT2D eigenvalue weighted by Gasteiger charge is -2.46. The van der Waals surface area contributed by atoms with Gasteiger partial charge in [0, 0.05) is 25.8 Å². The monoisotopic (exact) mass is 259 g/mol. The standard InChI is InChI=1S/C15H21N3O/c1-2-17-10-12-6-8-18(14(9-12)15(17)19)11-13-5-3-4-7-16-13/h3-5,7,12,14H,2,6,8-11H2,1H3/t12-,14+/m0/s1. The van der Waals surface area contributed by atoms with Crippen LogP contribution in [-0.2, 0) is 11.3 Å². The van der Waals surface area contributed by atoms with Crippen molar-refractivity contribution in [2.75, 3.05) is 19.6 Å². The zero-order valence-corrected chi connectivity index (χ0v) is 11.5. The Labute approximate surface area is 114 Å². The first kappa shape index (κ1) is 12.6. The normalized spacial score (nSPS) is 27.6. The molecule has 1 amide bonds. The molecule has 4 nitrogen and oxygen atoms in total. The summed E-state index contributed by atoms with van der Waals surface area (Å²) in [5.74, 6) is 1.01. The van der Waals surface area contributed by atoms with Gasteiger partial charge in [0.1, 0.15) is 0 Å². The molecule has 2 atom stereocenters. The quantitative estimate of drug-likeness (QED) is 0.826. The average Bonchev–Trinajstić information content (AvgIpc) is 2.46. The molecule has 0 radical (unpaired) electrons. The number of carbonyl (C=O) groups excluding carboxylic acids is 1. The summed E-state index contributed by atoms with van der Waals surface area (Å²) in [5, 5.41) is 0. The molecule has 3 heterocycles. The fraction of sp³-hybridized carbons (Fsp3) is 0.600. The number of fused-ring (bicyclic) bond motifs is 2. The minimum atomic E-state index is 0.0782. The van der Waals surface area contributed by atoms with Crippen LogP contribution in [0.5, 0.6) is 0 Å². The van der Waals surface area contributed by atoms with Crippen molar-refractivity contribution in [1.82, 2.24) is 14.8 Å². The Hall–Kier alpha value is -1.42. The van der Waals surface area contributed by atoms with Gasteiger partial charge in [-0.15, -0.1) is 0 Å². The molecule has 0 spiro atoms. The number of carbonyl (C=O) groups is 1. The SMILES string of the molecule is CCN1C[C@H]2CCN(Cc3ccccn3)[C@H](C2)C1=O. The van der Waals surface area contributed by atoms with Gasteiger partial charge < -0.3 is 4.90 Å². The molecule has 2 saturated heterocycles. The minimum absolute atomic E-state index is 0.0782. The number of hydrogen-bond acceptors (Lipinski definition) is 3. The van der Waals surface area contributed by atoms with Crippen molar-refractivity contribution in [3.63, 3.8) is 0 Å². The number of hydrogen-bond donors (Lipinski definition) is 0. The Kier molecular flexibility index (Phi) is 3.51. The lowest BCUT2D eigenvalue weighted by atomic mass is 9.86. The van der Waals surface area contributed by atoms with Crippen molar-refractivity contribution in [2.45, 2.75) is 32.4 Å². The van der Waals surface area contributed by atoms with Crippen molar-refractivity contribution in [3.8, 4) is 0 Å². The molecule has 0 N–H and O–H groups in total. The Morgan fingerprint density at radius 2 is 2.32 bits per heavy atom. The van der Waals surface area contributed by atoms with Crippen molar-refractivity contribution in [2.24, 2.45) is 5.92 Å². The van der Waals surface area contributed by atoms with Gasteiger partial charge in [-0.25, -0.2) is 0 Å². The van der Waals surface area contributed by atoms with Gasteiger partial charge in [-0.2, -0.15) is 0 Å². The van der Waals surface area contributed by atoms with Gasteiger partial charge in [0.15, 0.2) is 0 Å². The molecular weight excluding hydrogens is 238 g/mol. The van der Waals surface area contributed by atoms with Crippen LogP contribution in [0.1, 0.15) is 25.5 Å². The predicted octanol–water partition coefficient (Wildman–Crippen LogP) is 1.52. The smallest absolute Gasteiger partial charge is 0.239 e. The number of likely N-dealkylation sites (tertiary alicyclic amines) is 2. The van der Waals surface area contributed by atoms with E-state index in [9.17, 15) is 4.79 Å². The van der Waals surface area contributed by atoms with Gasteiger partial charge in [-0.05, 0) is 44.4 Å². The molecule has 1 aromatic rings. The maximum Gasteiger partial charge on any atom is 0.239 e. The molecule has 2 bridgehead atoms. The number of rotatable bonds is 3. The molecule has 0 unspecified atom stereocenters. The number of amides is 1. The van der Waals surface area contributed by atoms with E-state index >= 15 is 0 Å². The summed E-state index contributed by atoms with van der Waals surface area (Å²) in [6.45, 7) is 5.69. The summed E-state index contributed by atoms with van der Waals surface area (Å²) in [7, 11) is 0. The lowest BCUT2D eigenvalue weighted by molar-refractivity contribution is -0.145. The Balaban J connectivity index is 1.74. The number of likely N-dealkylation sites (N-methyl/N-ethyl adjacent to an activating group) is 1. The molecule has 2 aliphatic rings. The molecule has 4 heteroatoms. The van der Waals surface area contributed by atoms with Crippen LogP contribution in [-0.4, -0.2) is 46.4 Å². The summed E-state index contributed by atoms with van der Waals surface area (Å²) < 4.78 is 0. The van der Waals surface area contributed by atoms with Crippen molar-refractivity contribution in [3.05, 3.63) is 30.1 Å². The van der Waals surface area contributed by atoms with Crippen LogP contribution in [0.3, 0.4) is 0 Å². The van der Waals surface area contributed by atoms with E-state index in [1.807, 2.05) is 29.3 Å². The summed E-state index contributed by atoms with van der Waals surface area (Å²) in [5.41, 5.74) is 1.06. The van der Waals surface area contributed by atoms with Gasteiger partial charge >= 0.3 is 0 Å². The van der Waals surface area contributed by atoms with Gasteiger partial charge in [0.25, 0.3) is 0 Å². The predicted molar refractivity (Wildman–Crippen MR) is 73.4 cm³/mol. The van der Waals surface area contributed by atoms with Crippen molar-refractivity contribution < 1.29 is 4.79 Å². The van der Waals surface area contributed by atoms with Gasteiger partial charge in [-0.3, -0.25) is 14.7 Å². The summed E-state index contributed by atoms with van der Waals surface area (Å²) in [6, 6.07) is 6.06. The summed E-state index contributed by atoms with van der Waals surface area (Å²) in [6.07, 6.45) is 4.05. The topological polar surface area (TPSA) is 36.4 Å².